The van der Waals surface area contributed by atoms with E-state index in [2.05, 4.69) is 31.3 Å². The molecule has 1 aromatic carbocycles. The van der Waals surface area contributed by atoms with Crippen molar-refractivity contribution in [2.24, 2.45) is 7.05 Å². The second-order valence-electron chi connectivity index (χ2n) is 4.74. The van der Waals surface area contributed by atoms with Gasteiger partial charge in [-0.05, 0) is 18.2 Å². The zero-order chi connectivity index (χ0) is 15.7. The molecule has 1 N–H and O–H groups in total. The number of benzene rings is 1. The Morgan fingerprint density at radius 3 is 3.00 bits per heavy atom. The molecule has 0 radical (unpaired) electrons. The summed E-state index contributed by atoms with van der Waals surface area (Å²) in [5.74, 6) is -0.301. The molecule has 0 bridgehead atoms. The van der Waals surface area contributed by atoms with E-state index in [4.69, 9.17) is 0 Å². The van der Waals surface area contributed by atoms with Gasteiger partial charge in [-0.1, -0.05) is 22.0 Å². The van der Waals surface area contributed by atoms with Crippen molar-refractivity contribution in [2.75, 3.05) is 5.32 Å². The van der Waals surface area contributed by atoms with E-state index in [-0.39, 0.29) is 18.0 Å². The molecule has 2 heterocycles. The normalized spacial score (nSPS) is 10.8. The van der Waals surface area contributed by atoms with Gasteiger partial charge in [0.05, 0.1) is 6.20 Å². The summed E-state index contributed by atoms with van der Waals surface area (Å²) in [5, 5.41) is 7.11. The van der Waals surface area contributed by atoms with E-state index in [0.717, 1.165) is 4.47 Å². The van der Waals surface area contributed by atoms with Crippen LogP contribution >= 0.6 is 15.9 Å². The van der Waals surface area contributed by atoms with E-state index in [0.29, 0.717) is 16.7 Å². The molecule has 0 atom stereocenters. The number of hydrogen-bond donors (Lipinski definition) is 1. The first-order chi connectivity index (χ1) is 10.5. The SMILES string of the molecule is Cn1ncc2c(=O)n(CC(=O)Nc3cccc(Br)c3)cnc21. The molecule has 8 heteroatoms. The summed E-state index contributed by atoms with van der Waals surface area (Å²) < 4.78 is 3.64. The Labute approximate surface area is 133 Å². The van der Waals surface area contributed by atoms with Crippen LogP contribution < -0.4 is 10.9 Å². The number of nitrogens with one attached hydrogen (secondary N) is 1. The molecule has 7 nitrogen and oxygen atoms in total. The Hall–Kier alpha value is -2.48. The zero-order valence-corrected chi connectivity index (χ0v) is 13.2. The Bertz CT molecular complexity index is 915. The van der Waals surface area contributed by atoms with Gasteiger partial charge in [0.25, 0.3) is 5.56 Å². The molecule has 112 valence electrons. The molecule has 3 rings (SSSR count). The van der Waals surface area contributed by atoms with E-state index in [9.17, 15) is 9.59 Å². The van der Waals surface area contributed by atoms with Crippen molar-refractivity contribution in [1.29, 1.82) is 0 Å². The lowest BCUT2D eigenvalue weighted by atomic mass is 10.3. The van der Waals surface area contributed by atoms with Crippen LogP contribution in [0.1, 0.15) is 0 Å². The molecule has 0 unspecified atom stereocenters. The lowest BCUT2D eigenvalue weighted by Crippen LogP contribution is -2.27. The lowest BCUT2D eigenvalue weighted by Gasteiger charge is -2.07. The molecular weight excluding hydrogens is 350 g/mol. The van der Waals surface area contributed by atoms with Crippen molar-refractivity contribution in [3.63, 3.8) is 0 Å². The minimum Gasteiger partial charge on any atom is -0.324 e. The van der Waals surface area contributed by atoms with Crippen LogP contribution in [0.3, 0.4) is 0 Å². The molecule has 1 amide bonds. The van der Waals surface area contributed by atoms with E-state index in [1.807, 2.05) is 12.1 Å². The molecule has 22 heavy (non-hydrogen) atoms. The van der Waals surface area contributed by atoms with Crippen LogP contribution in [-0.2, 0) is 18.4 Å². The standard InChI is InChI=1S/C14H12BrN5O2/c1-19-13-11(6-17-19)14(22)20(8-16-13)7-12(21)18-10-4-2-3-9(15)5-10/h2-6,8H,7H2,1H3,(H,18,21). The predicted molar refractivity (Wildman–Crippen MR) is 85.5 cm³/mol. The van der Waals surface area contributed by atoms with Gasteiger partial charge in [0.2, 0.25) is 5.91 Å². The van der Waals surface area contributed by atoms with Gasteiger partial charge in [-0.3, -0.25) is 18.8 Å². The highest BCUT2D eigenvalue weighted by atomic mass is 79.9. The molecule has 0 saturated carbocycles. The van der Waals surface area contributed by atoms with Crippen molar-refractivity contribution in [3.05, 3.63) is 51.6 Å². The highest BCUT2D eigenvalue weighted by Crippen LogP contribution is 2.15. The third-order valence-electron chi connectivity index (χ3n) is 3.14. The maximum Gasteiger partial charge on any atom is 0.264 e. The van der Waals surface area contributed by atoms with Gasteiger partial charge < -0.3 is 5.32 Å². The topological polar surface area (TPSA) is 81.8 Å². The van der Waals surface area contributed by atoms with Gasteiger partial charge in [0.15, 0.2) is 5.65 Å². The molecule has 0 fully saturated rings. The predicted octanol–water partition coefficient (Wildman–Crippen LogP) is 1.53. The number of carbonyl (C=O) groups excluding carboxylic acids is 1. The molecule has 0 aliphatic heterocycles. The maximum absolute atomic E-state index is 12.3. The van der Waals surface area contributed by atoms with Crippen molar-refractivity contribution in [3.8, 4) is 0 Å². The second kappa shape index (κ2) is 5.72. The summed E-state index contributed by atoms with van der Waals surface area (Å²) in [7, 11) is 1.71. The number of hydrogen-bond acceptors (Lipinski definition) is 4. The quantitative estimate of drug-likeness (QED) is 0.766. The van der Waals surface area contributed by atoms with Crippen molar-refractivity contribution in [1.82, 2.24) is 19.3 Å². The zero-order valence-electron chi connectivity index (χ0n) is 11.7. The number of amides is 1. The molecule has 2 aromatic heterocycles. The van der Waals surface area contributed by atoms with Crippen LogP contribution in [0, 0.1) is 0 Å². The average Bonchev–Trinajstić information content (AvgIpc) is 2.84. The number of carbonyl (C=O) groups is 1. The molecule has 0 spiro atoms. The number of fused-ring (bicyclic) bond motifs is 1. The van der Waals surface area contributed by atoms with Crippen LogP contribution in [-0.4, -0.2) is 25.2 Å². The van der Waals surface area contributed by atoms with Crippen LogP contribution in [0.4, 0.5) is 5.69 Å². The summed E-state index contributed by atoms with van der Waals surface area (Å²) >= 11 is 3.33. The van der Waals surface area contributed by atoms with Crippen molar-refractivity contribution in [2.45, 2.75) is 6.54 Å². The van der Waals surface area contributed by atoms with Gasteiger partial charge in [0, 0.05) is 17.2 Å². The van der Waals surface area contributed by atoms with Crippen molar-refractivity contribution < 1.29 is 4.79 Å². The highest BCUT2D eigenvalue weighted by Gasteiger charge is 2.11. The summed E-state index contributed by atoms with van der Waals surface area (Å²) in [6.07, 6.45) is 2.81. The lowest BCUT2D eigenvalue weighted by molar-refractivity contribution is -0.116. The van der Waals surface area contributed by atoms with Gasteiger partial charge in [-0.2, -0.15) is 5.10 Å². The summed E-state index contributed by atoms with van der Waals surface area (Å²) in [6.45, 7) is -0.108. The Balaban J connectivity index is 1.82. The number of nitrogens with zero attached hydrogens (tertiary/aromatic N) is 4. The summed E-state index contributed by atoms with van der Waals surface area (Å²) in [4.78, 5) is 28.5. The van der Waals surface area contributed by atoms with Crippen LogP contribution in [0.2, 0.25) is 0 Å². The van der Waals surface area contributed by atoms with Gasteiger partial charge in [0.1, 0.15) is 18.3 Å². The van der Waals surface area contributed by atoms with E-state index < -0.39 is 0 Å². The minimum atomic E-state index is -0.301. The molecule has 0 aliphatic rings. The number of aryl methyl sites for hydroxylation is 1. The minimum absolute atomic E-state index is 0.108. The van der Waals surface area contributed by atoms with Crippen LogP contribution in [0.15, 0.2) is 46.1 Å². The van der Waals surface area contributed by atoms with E-state index >= 15 is 0 Å². The van der Waals surface area contributed by atoms with Gasteiger partial charge >= 0.3 is 0 Å². The largest absolute Gasteiger partial charge is 0.324 e. The highest BCUT2D eigenvalue weighted by molar-refractivity contribution is 9.10. The first-order valence-corrected chi connectivity index (χ1v) is 7.26. The molecule has 0 aliphatic carbocycles. The molecular formula is C14H12BrN5O2. The van der Waals surface area contributed by atoms with E-state index in [1.165, 1.54) is 21.8 Å². The number of rotatable bonds is 3. The fourth-order valence-electron chi connectivity index (χ4n) is 2.10. The van der Waals surface area contributed by atoms with Crippen LogP contribution in [0.5, 0.6) is 0 Å². The first kappa shape index (κ1) is 14.5. The fraction of sp³-hybridized carbons (Fsp3) is 0.143. The number of aromatic nitrogens is 4. The Morgan fingerprint density at radius 2 is 2.23 bits per heavy atom. The first-order valence-electron chi connectivity index (χ1n) is 6.47. The smallest absolute Gasteiger partial charge is 0.264 e. The monoisotopic (exact) mass is 361 g/mol. The molecule has 3 aromatic rings. The second-order valence-corrected chi connectivity index (χ2v) is 5.66. The van der Waals surface area contributed by atoms with Crippen molar-refractivity contribution >= 4 is 38.6 Å². The third-order valence-corrected chi connectivity index (χ3v) is 3.63. The molecule has 0 saturated heterocycles. The third kappa shape index (κ3) is 2.77. The number of anilines is 1. The fourth-order valence-corrected chi connectivity index (χ4v) is 2.50. The average molecular weight is 362 g/mol. The number of halogens is 1. The van der Waals surface area contributed by atoms with Crippen LogP contribution in [0.25, 0.3) is 11.0 Å². The van der Waals surface area contributed by atoms with E-state index in [1.54, 1.807) is 19.2 Å². The van der Waals surface area contributed by atoms with Gasteiger partial charge in [-0.25, -0.2) is 4.98 Å². The summed E-state index contributed by atoms with van der Waals surface area (Å²) in [6, 6.07) is 7.23. The Kier molecular flexibility index (Phi) is 3.76. The maximum atomic E-state index is 12.3. The Morgan fingerprint density at radius 1 is 1.41 bits per heavy atom. The summed E-state index contributed by atoms with van der Waals surface area (Å²) in [5.41, 5.74) is 0.860. The van der Waals surface area contributed by atoms with Gasteiger partial charge in [-0.15, -0.1) is 0 Å².